The molecule has 0 bridgehead atoms. The highest BCUT2D eigenvalue weighted by atomic mass is 16.5. The highest BCUT2D eigenvalue weighted by Gasteiger charge is 2.06. The molecule has 0 saturated carbocycles. The van der Waals surface area contributed by atoms with Crippen LogP contribution in [-0.4, -0.2) is 28.7 Å². The van der Waals surface area contributed by atoms with E-state index in [0.717, 1.165) is 5.56 Å². The van der Waals surface area contributed by atoms with Crippen molar-refractivity contribution in [2.75, 3.05) is 12.3 Å². The SMILES string of the molecule is Nc1ncc(C(=O)O)cc1C=CCCNC(=O)OCc1ccccc1. The largest absolute Gasteiger partial charge is 0.478 e. The fraction of sp³-hybridized carbons (Fsp3) is 0.167. The number of nitrogens with zero attached hydrogens (tertiary/aromatic N) is 1. The Morgan fingerprint density at radius 2 is 2.04 bits per heavy atom. The van der Waals surface area contributed by atoms with Crippen LogP contribution in [0.3, 0.4) is 0 Å². The lowest BCUT2D eigenvalue weighted by Crippen LogP contribution is -2.24. The van der Waals surface area contributed by atoms with Crippen LogP contribution in [-0.2, 0) is 11.3 Å². The van der Waals surface area contributed by atoms with Gasteiger partial charge >= 0.3 is 12.1 Å². The second-order valence-electron chi connectivity index (χ2n) is 5.18. The van der Waals surface area contributed by atoms with Gasteiger partial charge in [0.2, 0.25) is 0 Å². The van der Waals surface area contributed by atoms with Crippen molar-refractivity contribution in [1.29, 1.82) is 0 Å². The fourth-order valence-electron chi connectivity index (χ4n) is 1.98. The van der Waals surface area contributed by atoms with Gasteiger partial charge in [-0.3, -0.25) is 0 Å². The second kappa shape index (κ2) is 9.07. The molecule has 1 aromatic carbocycles. The molecule has 0 spiro atoms. The monoisotopic (exact) mass is 341 g/mol. The van der Waals surface area contributed by atoms with E-state index in [0.29, 0.717) is 18.5 Å². The van der Waals surface area contributed by atoms with Gasteiger partial charge in [0.05, 0.1) is 5.56 Å². The molecule has 0 aliphatic carbocycles. The summed E-state index contributed by atoms with van der Waals surface area (Å²) in [5, 5.41) is 11.6. The van der Waals surface area contributed by atoms with Crippen LogP contribution in [0.5, 0.6) is 0 Å². The molecule has 1 aromatic heterocycles. The minimum atomic E-state index is -1.06. The molecule has 0 aliphatic heterocycles. The number of anilines is 1. The van der Waals surface area contributed by atoms with Crippen LogP contribution in [0.15, 0.2) is 48.7 Å². The number of aromatic nitrogens is 1. The first-order chi connectivity index (χ1) is 12.1. The van der Waals surface area contributed by atoms with Crippen molar-refractivity contribution in [2.45, 2.75) is 13.0 Å². The fourth-order valence-corrected chi connectivity index (χ4v) is 1.98. The van der Waals surface area contributed by atoms with Crippen molar-refractivity contribution >= 4 is 24.0 Å². The van der Waals surface area contributed by atoms with E-state index >= 15 is 0 Å². The second-order valence-corrected chi connectivity index (χ2v) is 5.18. The summed E-state index contributed by atoms with van der Waals surface area (Å²) in [6.07, 6.45) is 4.70. The van der Waals surface area contributed by atoms with Crippen molar-refractivity contribution in [1.82, 2.24) is 10.3 Å². The van der Waals surface area contributed by atoms with E-state index in [2.05, 4.69) is 10.3 Å². The van der Waals surface area contributed by atoms with E-state index in [-0.39, 0.29) is 18.0 Å². The summed E-state index contributed by atoms with van der Waals surface area (Å²) in [6.45, 7) is 0.600. The number of ether oxygens (including phenoxy) is 1. The van der Waals surface area contributed by atoms with Crippen LogP contribution >= 0.6 is 0 Å². The number of benzene rings is 1. The molecular formula is C18H19N3O4. The third-order valence-electron chi connectivity index (χ3n) is 3.29. The third-order valence-corrected chi connectivity index (χ3v) is 3.29. The number of carbonyl (C=O) groups is 2. The number of rotatable bonds is 7. The van der Waals surface area contributed by atoms with Gasteiger partial charge in [0.15, 0.2) is 0 Å². The average molecular weight is 341 g/mol. The van der Waals surface area contributed by atoms with Crippen molar-refractivity contribution in [2.24, 2.45) is 0 Å². The molecule has 0 unspecified atom stereocenters. The van der Waals surface area contributed by atoms with E-state index < -0.39 is 12.1 Å². The molecular weight excluding hydrogens is 322 g/mol. The Balaban J connectivity index is 1.73. The summed E-state index contributed by atoms with van der Waals surface area (Å²) in [6, 6.07) is 10.8. The summed E-state index contributed by atoms with van der Waals surface area (Å²) in [5.74, 6) is -0.818. The summed E-state index contributed by atoms with van der Waals surface area (Å²) in [7, 11) is 0. The predicted molar refractivity (Wildman–Crippen MR) is 93.9 cm³/mol. The molecule has 1 amide bonds. The first kappa shape index (κ1) is 18.0. The quantitative estimate of drug-likeness (QED) is 0.667. The van der Waals surface area contributed by atoms with E-state index in [1.807, 2.05) is 30.3 Å². The molecule has 0 atom stereocenters. The van der Waals surface area contributed by atoms with Gasteiger partial charge in [-0.05, 0) is 18.1 Å². The molecule has 0 saturated heterocycles. The Morgan fingerprint density at radius 3 is 2.76 bits per heavy atom. The summed E-state index contributed by atoms with van der Waals surface area (Å²) >= 11 is 0. The van der Waals surface area contributed by atoms with Crippen LogP contribution in [0.2, 0.25) is 0 Å². The van der Waals surface area contributed by atoms with Gasteiger partial charge in [-0.25, -0.2) is 14.6 Å². The Labute approximate surface area is 145 Å². The number of aromatic carboxylic acids is 1. The maximum atomic E-state index is 11.6. The van der Waals surface area contributed by atoms with Crippen LogP contribution in [0, 0.1) is 0 Å². The minimum Gasteiger partial charge on any atom is -0.478 e. The summed E-state index contributed by atoms with van der Waals surface area (Å²) < 4.78 is 5.08. The van der Waals surface area contributed by atoms with Crippen LogP contribution < -0.4 is 11.1 Å². The number of carboxylic acids is 1. The number of carbonyl (C=O) groups excluding carboxylic acids is 1. The number of nitrogens with one attached hydrogen (secondary N) is 1. The Kier molecular flexibility index (Phi) is 6.53. The van der Waals surface area contributed by atoms with Gasteiger partial charge in [0, 0.05) is 18.3 Å². The number of pyridine rings is 1. The number of carboxylic acid groups (broad SMARTS) is 1. The molecule has 7 heteroatoms. The number of hydrogen-bond acceptors (Lipinski definition) is 5. The maximum absolute atomic E-state index is 11.6. The van der Waals surface area contributed by atoms with Gasteiger partial charge in [0.1, 0.15) is 12.4 Å². The highest BCUT2D eigenvalue weighted by Crippen LogP contribution is 2.13. The molecule has 0 radical (unpaired) electrons. The standard InChI is InChI=1S/C18H19N3O4/c19-16-14(10-15(11-21-16)17(22)23)8-4-5-9-20-18(24)25-12-13-6-2-1-3-7-13/h1-4,6-8,10-11H,5,9,12H2,(H2,19,21)(H,20,24)(H,22,23). The first-order valence-corrected chi connectivity index (χ1v) is 7.66. The van der Waals surface area contributed by atoms with Crippen molar-refractivity contribution in [3.05, 3.63) is 65.4 Å². The number of nitrogen functional groups attached to an aromatic ring is 1. The van der Waals surface area contributed by atoms with E-state index in [9.17, 15) is 9.59 Å². The smallest absolute Gasteiger partial charge is 0.407 e. The molecule has 25 heavy (non-hydrogen) atoms. The van der Waals surface area contributed by atoms with Crippen LogP contribution in [0.4, 0.5) is 10.6 Å². The zero-order valence-corrected chi connectivity index (χ0v) is 13.5. The lowest BCUT2D eigenvalue weighted by molar-refractivity contribution is 0.0696. The molecule has 4 N–H and O–H groups in total. The highest BCUT2D eigenvalue weighted by molar-refractivity contribution is 5.88. The molecule has 2 aromatic rings. The lowest BCUT2D eigenvalue weighted by Gasteiger charge is -2.06. The molecule has 7 nitrogen and oxygen atoms in total. The number of hydrogen-bond donors (Lipinski definition) is 3. The molecule has 2 rings (SSSR count). The Morgan fingerprint density at radius 1 is 1.28 bits per heavy atom. The normalized spacial score (nSPS) is 10.6. The van der Waals surface area contributed by atoms with Crippen LogP contribution in [0.1, 0.15) is 27.9 Å². The lowest BCUT2D eigenvalue weighted by atomic mass is 10.1. The third kappa shape index (κ3) is 5.98. The molecule has 0 fully saturated rings. The van der Waals surface area contributed by atoms with E-state index in [1.165, 1.54) is 12.3 Å². The topological polar surface area (TPSA) is 115 Å². The number of amides is 1. The van der Waals surface area contributed by atoms with Gasteiger partial charge in [-0.1, -0.05) is 42.5 Å². The summed E-state index contributed by atoms with van der Waals surface area (Å²) in [5.41, 5.74) is 7.20. The maximum Gasteiger partial charge on any atom is 0.407 e. The van der Waals surface area contributed by atoms with Gasteiger partial charge < -0.3 is 20.9 Å². The zero-order chi connectivity index (χ0) is 18.1. The van der Waals surface area contributed by atoms with Crippen molar-refractivity contribution < 1.29 is 19.4 Å². The molecule has 1 heterocycles. The van der Waals surface area contributed by atoms with Crippen LogP contribution in [0.25, 0.3) is 6.08 Å². The average Bonchev–Trinajstić information content (AvgIpc) is 2.61. The van der Waals surface area contributed by atoms with Gasteiger partial charge in [0.25, 0.3) is 0 Å². The molecule has 130 valence electrons. The van der Waals surface area contributed by atoms with E-state index in [4.69, 9.17) is 15.6 Å². The zero-order valence-electron chi connectivity index (χ0n) is 13.5. The first-order valence-electron chi connectivity index (χ1n) is 7.66. The van der Waals surface area contributed by atoms with Gasteiger partial charge in [-0.2, -0.15) is 0 Å². The Hall–Kier alpha value is -3.35. The predicted octanol–water partition coefficient (Wildman–Crippen LogP) is 2.69. The Bertz CT molecular complexity index is 760. The summed E-state index contributed by atoms with van der Waals surface area (Å²) in [4.78, 5) is 26.3. The minimum absolute atomic E-state index is 0.0662. The van der Waals surface area contributed by atoms with Crippen molar-refractivity contribution in [3.63, 3.8) is 0 Å². The van der Waals surface area contributed by atoms with E-state index in [1.54, 1.807) is 12.2 Å². The number of nitrogens with two attached hydrogens (primary N) is 1. The van der Waals surface area contributed by atoms with Crippen molar-refractivity contribution in [3.8, 4) is 0 Å². The number of alkyl carbamates (subject to hydrolysis) is 1. The molecule has 0 aliphatic rings. The van der Waals surface area contributed by atoms with Gasteiger partial charge in [-0.15, -0.1) is 0 Å².